The molecule has 6 nitrogen and oxygen atoms in total. The second-order valence-corrected chi connectivity index (χ2v) is 7.95. The van der Waals surface area contributed by atoms with Gasteiger partial charge in [-0.05, 0) is 36.8 Å². The maximum absolute atomic E-state index is 12.9. The quantitative estimate of drug-likeness (QED) is 0.861. The van der Waals surface area contributed by atoms with E-state index in [0.717, 1.165) is 12.8 Å². The van der Waals surface area contributed by atoms with Crippen molar-refractivity contribution in [2.45, 2.75) is 23.8 Å². The molecule has 1 saturated heterocycles. The van der Waals surface area contributed by atoms with E-state index in [-0.39, 0.29) is 18.4 Å². The Bertz CT molecular complexity index is 791. The Labute approximate surface area is 135 Å². The van der Waals surface area contributed by atoms with Crippen LogP contribution in [0.4, 0.5) is 0 Å². The molecule has 1 aliphatic heterocycles. The summed E-state index contributed by atoms with van der Waals surface area (Å²) in [5.41, 5.74) is 6.70. The van der Waals surface area contributed by atoms with Gasteiger partial charge in [-0.15, -0.1) is 12.4 Å². The third-order valence-electron chi connectivity index (χ3n) is 4.91. The molecule has 3 N–H and O–H groups in total. The lowest BCUT2D eigenvalue weighted by Gasteiger charge is -2.18. The molecule has 2 aromatic heterocycles. The molecule has 2 aromatic rings. The second kappa shape index (κ2) is 5.49. The maximum atomic E-state index is 12.9. The van der Waals surface area contributed by atoms with Crippen LogP contribution in [0, 0.1) is 11.8 Å². The third kappa shape index (κ3) is 2.23. The van der Waals surface area contributed by atoms with E-state index < -0.39 is 10.0 Å². The lowest BCUT2D eigenvalue weighted by Crippen LogP contribution is -2.33. The summed E-state index contributed by atoms with van der Waals surface area (Å²) in [4.78, 5) is 7.41. The normalized spacial score (nSPS) is 28.7. The molecule has 3 unspecified atom stereocenters. The molecule has 3 atom stereocenters. The number of nitrogens with two attached hydrogens (primary N) is 1. The third-order valence-corrected chi connectivity index (χ3v) is 6.78. The van der Waals surface area contributed by atoms with Gasteiger partial charge in [-0.25, -0.2) is 13.4 Å². The van der Waals surface area contributed by atoms with Gasteiger partial charge in [0.1, 0.15) is 10.5 Å². The van der Waals surface area contributed by atoms with Crippen molar-refractivity contribution in [3.63, 3.8) is 0 Å². The molecule has 0 radical (unpaired) electrons. The fourth-order valence-corrected chi connectivity index (χ4v) is 5.43. The average Bonchev–Trinajstić information content (AvgIpc) is 3.14. The Morgan fingerprint density at radius 2 is 2.14 bits per heavy atom. The van der Waals surface area contributed by atoms with Crippen LogP contribution in [-0.2, 0) is 10.0 Å². The van der Waals surface area contributed by atoms with Gasteiger partial charge in [0.05, 0.1) is 0 Å². The summed E-state index contributed by atoms with van der Waals surface area (Å²) in [6, 6.07) is 3.68. The van der Waals surface area contributed by atoms with Crippen molar-refractivity contribution in [1.29, 1.82) is 0 Å². The first-order chi connectivity index (χ1) is 10.1. The number of aromatic amines is 1. The van der Waals surface area contributed by atoms with Gasteiger partial charge >= 0.3 is 0 Å². The van der Waals surface area contributed by atoms with Gasteiger partial charge < -0.3 is 10.7 Å². The van der Waals surface area contributed by atoms with Crippen LogP contribution in [0.3, 0.4) is 0 Å². The number of sulfonamides is 1. The highest BCUT2D eigenvalue weighted by Crippen LogP contribution is 2.39. The summed E-state index contributed by atoms with van der Waals surface area (Å²) in [7, 11) is -3.48. The average molecular weight is 343 g/mol. The topological polar surface area (TPSA) is 92.1 Å². The van der Waals surface area contributed by atoms with Crippen LogP contribution >= 0.6 is 12.4 Å². The van der Waals surface area contributed by atoms with Crippen LogP contribution in [0.25, 0.3) is 11.0 Å². The van der Waals surface area contributed by atoms with Crippen molar-refractivity contribution in [3.05, 3.63) is 24.5 Å². The number of fused-ring (bicyclic) bond motifs is 2. The minimum Gasteiger partial charge on any atom is -0.345 e. The molecular formula is C14H19ClN4O2S. The van der Waals surface area contributed by atoms with E-state index in [2.05, 4.69) is 9.97 Å². The molecule has 3 heterocycles. The molecule has 0 spiro atoms. The van der Waals surface area contributed by atoms with Gasteiger partial charge in [-0.2, -0.15) is 4.31 Å². The van der Waals surface area contributed by atoms with E-state index in [0.29, 0.717) is 40.9 Å². The first-order valence-electron chi connectivity index (χ1n) is 7.25. The Morgan fingerprint density at radius 3 is 2.91 bits per heavy atom. The van der Waals surface area contributed by atoms with E-state index in [1.807, 2.05) is 0 Å². The van der Waals surface area contributed by atoms with Crippen LogP contribution in [-0.4, -0.2) is 41.8 Å². The van der Waals surface area contributed by atoms with Crippen molar-refractivity contribution in [3.8, 4) is 0 Å². The lowest BCUT2D eigenvalue weighted by atomic mass is 9.98. The Balaban J connectivity index is 0.00000144. The number of nitrogens with one attached hydrogen (secondary N) is 1. The van der Waals surface area contributed by atoms with Crippen LogP contribution < -0.4 is 5.73 Å². The highest BCUT2D eigenvalue weighted by atomic mass is 35.5. The van der Waals surface area contributed by atoms with E-state index in [1.54, 1.807) is 28.8 Å². The van der Waals surface area contributed by atoms with E-state index in [9.17, 15) is 8.42 Å². The molecule has 1 aliphatic carbocycles. The van der Waals surface area contributed by atoms with Crippen molar-refractivity contribution >= 4 is 33.5 Å². The van der Waals surface area contributed by atoms with Crippen molar-refractivity contribution in [2.75, 3.05) is 13.1 Å². The fourth-order valence-electron chi connectivity index (χ4n) is 3.75. The van der Waals surface area contributed by atoms with Crippen molar-refractivity contribution < 1.29 is 8.42 Å². The molecule has 120 valence electrons. The van der Waals surface area contributed by atoms with Crippen LogP contribution in [0.5, 0.6) is 0 Å². The molecule has 0 aromatic carbocycles. The van der Waals surface area contributed by atoms with Gasteiger partial charge in [-0.3, -0.25) is 0 Å². The molecule has 0 amide bonds. The molecule has 0 bridgehead atoms. The zero-order chi connectivity index (χ0) is 14.6. The molecule has 2 fully saturated rings. The van der Waals surface area contributed by atoms with Gasteiger partial charge in [-0.1, -0.05) is 0 Å². The van der Waals surface area contributed by atoms with Gasteiger partial charge in [0.2, 0.25) is 10.0 Å². The second-order valence-electron chi connectivity index (χ2n) is 6.04. The minimum absolute atomic E-state index is 0. The Hall–Kier alpha value is -1.15. The number of pyridine rings is 1. The predicted molar refractivity (Wildman–Crippen MR) is 86.3 cm³/mol. The summed E-state index contributed by atoms with van der Waals surface area (Å²) < 4.78 is 27.4. The van der Waals surface area contributed by atoms with Crippen LogP contribution in [0.15, 0.2) is 29.4 Å². The fraction of sp³-hybridized carbons (Fsp3) is 0.500. The number of hydrogen-bond donors (Lipinski definition) is 2. The molecule has 2 aliphatic rings. The summed E-state index contributed by atoms with van der Waals surface area (Å²) in [6.07, 6.45) is 5.24. The van der Waals surface area contributed by atoms with Crippen molar-refractivity contribution in [2.24, 2.45) is 17.6 Å². The van der Waals surface area contributed by atoms with E-state index >= 15 is 0 Å². The number of rotatable bonds is 2. The Morgan fingerprint density at radius 1 is 1.32 bits per heavy atom. The number of halogens is 1. The molecule has 8 heteroatoms. The molecule has 22 heavy (non-hydrogen) atoms. The number of hydrogen-bond acceptors (Lipinski definition) is 4. The SMILES string of the molecule is Cl.NC1CCC2CN(S(=O)(=O)c3c[nH]c4ncccc34)CC12. The standard InChI is InChI=1S/C14H18N4O2S.ClH/c15-12-4-3-9-7-18(8-11(9)12)21(19,20)13-6-17-14-10(13)2-1-5-16-14;/h1-2,5-6,9,11-12H,3-4,7-8,15H2,(H,16,17);1H. The van der Waals surface area contributed by atoms with Gasteiger partial charge in [0, 0.05) is 36.9 Å². The summed E-state index contributed by atoms with van der Waals surface area (Å²) in [5.74, 6) is 0.723. The summed E-state index contributed by atoms with van der Waals surface area (Å²) in [6.45, 7) is 1.13. The zero-order valence-corrected chi connectivity index (χ0v) is 13.6. The van der Waals surface area contributed by atoms with E-state index in [4.69, 9.17) is 5.73 Å². The van der Waals surface area contributed by atoms with Gasteiger partial charge in [0.15, 0.2) is 0 Å². The smallest absolute Gasteiger partial charge is 0.245 e. The molecule has 4 rings (SSSR count). The van der Waals surface area contributed by atoms with Crippen molar-refractivity contribution in [1.82, 2.24) is 14.3 Å². The van der Waals surface area contributed by atoms with Crippen LogP contribution in [0.2, 0.25) is 0 Å². The Kier molecular flexibility index (Phi) is 3.92. The number of H-pyrrole nitrogens is 1. The first-order valence-corrected chi connectivity index (χ1v) is 8.69. The maximum Gasteiger partial charge on any atom is 0.245 e. The summed E-state index contributed by atoms with van der Waals surface area (Å²) >= 11 is 0. The molecule has 1 saturated carbocycles. The van der Waals surface area contributed by atoms with Gasteiger partial charge in [0.25, 0.3) is 0 Å². The molecular weight excluding hydrogens is 324 g/mol. The summed E-state index contributed by atoms with van der Waals surface area (Å²) in [5, 5.41) is 0.652. The zero-order valence-electron chi connectivity index (χ0n) is 12.0. The highest BCUT2D eigenvalue weighted by Gasteiger charge is 2.45. The first kappa shape index (κ1) is 15.7. The number of nitrogens with zero attached hydrogens (tertiary/aromatic N) is 2. The van der Waals surface area contributed by atoms with E-state index in [1.165, 1.54) is 0 Å². The minimum atomic E-state index is -3.48. The largest absolute Gasteiger partial charge is 0.345 e. The van der Waals surface area contributed by atoms with Crippen LogP contribution in [0.1, 0.15) is 12.8 Å². The monoisotopic (exact) mass is 342 g/mol. The lowest BCUT2D eigenvalue weighted by molar-refractivity contribution is 0.427. The highest BCUT2D eigenvalue weighted by molar-refractivity contribution is 7.89. The predicted octanol–water partition coefficient (Wildman–Crippen LogP) is 1.34. The number of aromatic nitrogens is 2.